The summed E-state index contributed by atoms with van der Waals surface area (Å²) in [5.41, 5.74) is -0.162. The van der Waals surface area contributed by atoms with Crippen LogP contribution >= 0.6 is 11.8 Å². The van der Waals surface area contributed by atoms with E-state index in [0.29, 0.717) is 18.7 Å². The van der Waals surface area contributed by atoms with Crippen LogP contribution < -0.4 is 5.32 Å². The predicted molar refractivity (Wildman–Crippen MR) is 76.9 cm³/mol. The van der Waals surface area contributed by atoms with Crippen LogP contribution in [0.4, 0.5) is 13.2 Å². The molecule has 2 atom stereocenters. The van der Waals surface area contributed by atoms with Crippen molar-refractivity contribution in [2.45, 2.75) is 23.7 Å². The molecule has 1 aromatic carbocycles. The molecule has 2 rings (SSSR count). The number of halogens is 3. The normalized spacial score (nSPS) is 22.9. The average Bonchev–Trinajstić information content (AvgIpc) is 2.72. The van der Waals surface area contributed by atoms with Crippen LogP contribution in [0.15, 0.2) is 24.3 Å². The first-order valence-electron chi connectivity index (χ1n) is 6.62. The van der Waals surface area contributed by atoms with Crippen molar-refractivity contribution in [3.05, 3.63) is 35.4 Å². The van der Waals surface area contributed by atoms with E-state index in [1.54, 1.807) is 24.9 Å². The van der Waals surface area contributed by atoms with Crippen molar-refractivity contribution in [3.8, 4) is 0 Å². The second-order valence-corrected chi connectivity index (χ2v) is 6.31. The lowest BCUT2D eigenvalue weighted by molar-refractivity contribution is -0.137. The Labute approximate surface area is 125 Å². The number of hydrogen-bond acceptors (Lipinski definition) is 3. The molecule has 1 fully saturated rings. The fourth-order valence-electron chi connectivity index (χ4n) is 2.26. The summed E-state index contributed by atoms with van der Waals surface area (Å²) < 4.78 is 38.4. The van der Waals surface area contributed by atoms with E-state index >= 15 is 0 Å². The lowest BCUT2D eigenvalue weighted by Gasteiger charge is -2.24. The largest absolute Gasteiger partial charge is 0.416 e. The lowest BCUT2D eigenvalue weighted by Crippen LogP contribution is -2.35. The number of benzene rings is 1. The van der Waals surface area contributed by atoms with Gasteiger partial charge in [0.15, 0.2) is 0 Å². The molecular formula is C14H17F3N2OS. The number of alkyl halides is 3. The lowest BCUT2D eigenvalue weighted by atomic mass is 10.1. The summed E-state index contributed by atoms with van der Waals surface area (Å²) in [5, 5.41) is 2.36. The molecule has 21 heavy (non-hydrogen) atoms. The monoisotopic (exact) mass is 318 g/mol. The third-order valence-corrected chi connectivity index (χ3v) is 4.74. The van der Waals surface area contributed by atoms with Gasteiger partial charge in [0.05, 0.1) is 10.8 Å². The van der Waals surface area contributed by atoms with E-state index in [-0.39, 0.29) is 16.5 Å². The van der Waals surface area contributed by atoms with Crippen molar-refractivity contribution in [2.24, 2.45) is 0 Å². The fraction of sp³-hybridized carbons (Fsp3) is 0.500. The van der Waals surface area contributed by atoms with E-state index in [2.05, 4.69) is 5.32 Å². The smallest absolute Gasteiger partial charge is 0.324 e. The number of rotatable bonds is 4. The zero-order valence-electron chi connectivity index (χ0n) is 11.8. The van der Waals surface area contributed by atoms with Gasteiger partial charge in [-0.2, -0.15) is 13.2 Å². The van der Waals surface area contributed by atoms with Gasteiger partial charge in [0.1, 0.15) is 5.37 Å². The Balaban J connectivity index is 2.29. The first-order chi connectivity index (χ1) is 9.84. The molecule has 1 aromatic rings. The molecule has 3 nitrogen and oxygen atoms in total. The molecule has 0 unspecified atom stereocenters. The molecule has 1 amide bonds. The molecule has 1 aliphatic heterocycles. The molecule has 1 saturated heterocycles. The highest BCUT2D eigenvalue weighted by molar-refractivity contribution is 8.01. The summed E-state index contributed by atoms with van der Waals surface area (Å²) in [4.78, 5) is 13.8. The molecule has 1 N–H and O–H groups in total. The van der Waals surface area contributed by atoms with Gasteiger partial charge in [0.25, 0.3) is 0 Å². The number of nitrogens with zero attached hydrogens (tertiary/aromatic N) is 1. The van der Waals surface area contributed by atoms with E-state index in [0.717, 1.165) is 12.1 Å². The zero-order valence-corrected chi connectivity index (χ0v) is 12.6. The molecule has 0 aliphatic carbocycles. The van der Waals surface area contributed by atoms with Crippen LogP contribution in [0.1, 0.15) is 23.4 Å². The standard InChI is InChI=1S/C14H17F3N2OS/c1-9-12(20)19(7-6-18-2)13(21-9)10-4-3-5-11(8-10)14(15,16)17/h3-5,8-9,13,18H,6-7H2,1-2H3/t9-,13-/m0/s1. The van der Waals surface area contributed by atoms with Crippen LogP contribution in [-0.4, -0.2) is 36.2 Å². The summed E-state index contributed by atoms with van der Waals surface area (Å²) in [6, 6.07) is 5.22. The Kier molecular flexibility index (Phi) is 4.83. The zero-order chi connectivity index (χ0) is 15.6. The molecule has 0 saturated carbocycles. The van der Waals surface area contributed by atoms with Gasteiger partial charge in [-0.15, -0.1) is 11.8 Å². The van der Waals surface area contributed by atoms with Crippen molar-refractivity contribution >= 4 is 17.7 Å². The predicted octanol–water partition coefficient (Wildman–Crippen LogP) is 2.89. The highest BCUT2D eigenvalue weighted by Crippen LogP contribution is 2.43. The van der Waals surface area contributed by atoms with Crippen LogP contribution in [0.25, 0.3) is 0 Å². The number of carbonyl (C=O) groups excluding carboxylic acids is 1. The van der Waals surface area contributed by atoms with Gasteiger partial charge in [0, 0.05) is 13.1 Å². The Morgan fingerprint density at radius 1 is 1.38 bits per heavy atom. The number of carbonyl (C=O) groups is 1. The second kappa shape index (κ2) is 6.27. The molecule has 1 heterocycles. The SMILES string of the molecule is CNCCN1C(=O)[C@H](C)S[C@H]1c1cccc(C(F)(F)F)c1. The number of likely N-dealkylation sites (N-methyl/N-ethyl adjacent to an activating group) is 1. The fourth-order valence-corrected chi connectivity index (χ4v) is 3.56. The Morgan fingerprint density at radius 2 is 2.10 bits per heavy atom. The van der Waals surface area contributed by atoms with Gasteiger partial charge in [-0.05, 0) is 31.7 Å². The first-order valence-corrected chi connectivity index (χ1v) is 7.56. The summed E-state index contributed by atoms with van der Waals surface area (Å²) in [6.45, 7) is 2.87. The molecule has 7 heteroatoms. The number of nitrogens with one attached hydrogen (secondary N) is 1. The molecule has 1 aliphatic rings. The average molecular weight is 318 g/mol. The van der Waals surface area contributed by atoms with Gasteiger partial charge in [-0.3, -0.25) is 4.79 Å². The van der Waals surface area contributed by atoms with Gasteiger partial charge in [-0.25, -0.2) is 0 Å². The highest BCUT2D eigenvalue weighted by Gasteiger charge is 2.39. The Morgan fingerprint density at radius 3 is 2.71 bits per heavy atom. The van der Waals surface area contributed by atoms with Crippen molar-refractivity contribution in [1.82, 2.24) is 10.2 Å². The number of thioether (sulfide) groups is 1. The molecule has 0 spiro atoms. The van der Waals surface area contributed by atoms with E-state index in [1.165, 1.54) is 17.8 Å². The first kappa shape index (κ1) is 16.2. The van der Waals surface area contributed by atoms with Crippen LogP contribution in [0, 0.1) is 0 Å². The second-order valence-electron chi connectivity index (χ2n) is 4.89. The third kappa shape index (κ3) is 3.52. The van der Waals surface area contributed by atoms with Gasteiger partial charge in [-0.1, -0.05) is 12.1 Å². The third-order valence-electron chi connectivity index (χ3n) is 3.35. The quantitative estimate of drug-likeness (QED) is 0.926. The number of amides is 1. The molecule has 0 radical (unpaired) electrons. The Hall–Kier alpha value is -1.21. The van der Waals surface area contributed by atoms with E-state index in [9.17, 15) is 18.0 Å². The number of hydrogen-bond donors (Lipinski definition) is 1. The van der Waals surface area contributed by atoms with E-state index in [1.807, 2.05) is 0 Å². The summed E-state index contributed by atoms with van der Waals surface area (Å²) in [7, 11) is 1.77. The van der Waals surface area contributed by atoms with Gasteiger partial charge < -0.3 is 10.2 Å². The van der Waals surface area contributed by atoms with Crippen molar-refractivity contribution < 1.29 is 18.0 Å². The van der Waals surface area contributed by atoms with Gasteiger partial charge >= 0.3 is 6.18 Å². The summed E-state index contributed by atoms with van der Waals surface area (Å²) in [6.07, 6.45) is -4.37. The molecule has 0 aromatic heterocycles. The van der Waals surface area contributed by atoms with Crippen LogP contribution in [-0.2, 0) is 11.0 Å². The van der Waals surface area contributed by atoms with Crippen molar-refractivity contribution in [2.75, 3.05) is 20.1 Å². The molecule has 0 bridgehead atoms. The minimum atomic E-state index is -4.37. The van der Waals surface area contributed by atoms with Crippen LogP contribution in [0.3, 0.4) is 0 Å². The van der Waals surface area contributed by atoms with E-state index in [4.69, 9.17) is 0 Å². The topological polar surface area (TPSA) is 32.3 Å². The minimum Gasteiger partial charge on any atom is -0.324 e. The highest BCUT2D eigenvalue weighted by atomic mass is 32.2. The van der Waals surface area contributed by atoms with Crippen molar-refractivity contribution in [3.63, 3.8) is 0 Å². The molecular weight excluding hydrogens is 301 g/mol. The summed E-state index contributed by atoms with van der Waals surface area (Å²) in [5.74, 6) is -0.0299. The minimum absolute atomic E-state index is 0.0299. The van der Waals surface area contributed by atoms with Gasteiger partial charge in [0.2, 0.25) is 5.91 Å². The van der Waals surface area contributed by atoms with Crippen LogP contribution in [0.2, 0.25) is 0 Å². The maximum absolute atomic E-state index is 12.8. The summed E-state index contributed by atoms with van der Waals surface area (Å²) >= 11 is 1.39. The van der Waals surface area contributed by atoms with E-state index < -0.39 is 11.7 Å². The Bertz CT molecular complexity index is 521. The maximum atomic E-state index is 12.8. The molecule has 116 valence electrons. The maximum Gasteiger partial charge on any atom is 0.416 e. The van der Waals surface area contributed by atoms with Crippen molar-refractivity contribution in [1.29, 1.82) is 0 Å². The van der Waals surface area contributed by atoms with Crippen LogP contribution in [0.5, 0.6) is 0 Å².